The number of aldehydes is 1. The highest BCUT2D eigenvalue weighted by atomic mass is 19.1. The maximum absolute atomic E-state index is 14.3. The molecule has 1 heterocycles. The molecule has 122 valence electrons. The van der Waals surface area contributed by atoms with E-state index in [2.05, 4.69) is 5.10 Å². The Kier molecular flexibility index (Phi) is 4.78. The van der Waals surface area contributed by atoms with Crippen LogP contribution in [0.15, 0.2) is 18.2 Å². The van der Waals surface area contributed by atoms with Crippen LogP contribution in [0, 0.1) is 18.7 Å². The van der Waals surface area contributed by atoms with Crippen molar-refractivity contribution in [2.24, 2.45) is 5.92 Å². The van der Waals surface area contributed by atoms with Crippen LogP contribution in [0.2, 0.25) is 0 Å². The van der Waals surface area contributed by atoms with Crippen LogP contribution in [0.4, 0.5) is 10.1 Å². The number of methoxy groups -OCH3 is 1. The Morgan fingerprint density at radius 1 is 1.52 bits per heavy atom. The van der Waals surface area contributed by atoms with E-state index in [1.54, 1.807) is 19.9 Å². The molecule has 1 atom stereocenters. The van der Waals surface area contributed by atoms with Crippen molar-refractivity contribution in [1.82, 2.24) is 9.78 Å². The predicted molar refractivity (Wildman–Crippen MR) is 83.4 cm³/mol. The summed E-state index contributed by atoms with van der Waals surface area (Å²) in [6, 6.07) is 4.22. The smallest absolute Gasteiger partial charge is 0.186 e. The fourth-order valence-electron chi connectivity index (χ4n) is 2.22. The Balaban J connectivity index is 2.58. The van der Waals surface area contributed by atoms with Gasteiger partial charge < -0.3 is 15.3 Å². The molecule has 7 heteroatoms. The molecule has 1 unspecified atom stereocenters. The van der Waals surface area contributed by atoms with Gasteiger partial charge in [-0.15, -0.1) is 0 Å². The van der Waals surface area contributed by atoms with Gasteiger partial charge in [-0.1, -0.05) is 6.92 Å². The number of halogens is 1. The number of aryl methyl sites for hydroxylation is 1. The van der Waals surface area contributed by atoms with Gasteiger partial charge in [0, 0.05) is 18.4 Å². The van der Waals surface area contributed by atoms with Crippen molar-refractivity contribution < 1.29 is 18.7 Å². The minimum atomic E-state index is -0.594. The molecule has 0 bridgehead atoms. The number of nitrogen functional groups attached to an aromatic ring is 1. The molecule has 6 nitrogen and oxygen atoms in total. The first-order valence-corrected chi connectivity index (χ1v) is 7.07. The molecule has 0 saturated heterocycles. The lowest BCUT2D eigenvalue weighted by atomic mass is 9.99. The number of nitrogens with zero attached hydrogens (tertiary/aromatic N) is 2. The fourth-order valence-corrected chi connectivity index (χ4v) is 2.22. The summed E-state index contributed by atoms with van der Waals surface area (Å²) < 4.78 is 20.5. The lowest BCUT2D eigenvalue weighted by Gasteiger charge is -2.12. The maximum Gasteiger partial charge on any atom is 0.186 e. The largest absolute Gasteiger partial charge is 0.497 e. The molecule has 0 radical (unpaired) electrons. The number of aromatic nitrogens is 2. The van der Waals surface area contributed by atoms with E-state index >= 15 is 0 Å². The fraction of sp³-hybridized carbons (Fsp3) is 0.312. The van der Waals surface area contributed by atoms with Gasteiger partial charge in [-0.05, 0) is 19.1 Å². The summed E-state index contributed by atoms with van der Waals surface area (Å²) in [5.74, 6) is -1.16. The van der Waals surface area contributed by atoms with Gasteiger partial charge in [0.15, 0.2) is 11.6 Å². The van der Waals surface area contributed by atoms with E-state index in [0.717, 1.165) is 0 Å². The average Bonchev–Trinajstić information content (AvgIpc) is 2.82. The molecule has 1 aromatic heterocycles. The van der Waals surface area contributed by atoms with Gasteiger partial charge in [0.1, 0.15) is 23.4 Å². The van der Waals surface area contributed by atoms with E-state index in [-0.39, 0.29) is 29.3 Å². The summed E-state index contributed by atoms with van der Waals surface area (Å²) >= 11 is 0. The molecule has 0 aliphatic carbocycles. The van der Waals surface area contributed by atoms with Crippen molar-refractivity contribution in [3.8, 4) is 11.4 Å². The number of Topliss-reactive ketones (excluding diaryl/α,β-unsaturated/α-hetero) is 1. The van der Waals surface area contributed by atoms with Crippen LogP contribution in [0.3, 0.4) is 0 Å². The molecular formula is C16H18FN3O3. The van der Waals surface area contributed by atoms with Crippen LogP contribution >= 0.6 is 0 Å². The summed E-state index contributed by atoms with van der Waals surface area (Å²) in [7, 11) is 1.43. The Bertz CT molecular complexity index is 755. The molecule has 0 aliphatic rings. The highest BCUT2D eigenvalue weighted by molar-refractivity contribution is 6.02. The summed E-state index contributed by atoms with van der Waals surface area (Å²) in [6.07, 6.45) is 0.730. The molecule has 2 N–H and O–H groups in total. The summed E-state index contributed by atoms with van der Waals surface area (Å²) in [6.45, 7) is 3.25. The zero-order valence-corrected chi connectivity index (χ0v) is 13.2. The van der Waals surface area contributed by atoms with Gasteiger partial charge in [0.2, 0.25) is 0 Å². The molecular weight excluding hydrogens is 301 g/mol. The number of carbonyl (C=O) groups is 2. The topological polar surface area (TPSA) is 87.2 Å². The third-order valence-corrected chi connectivity index (χ3v) is 3.62. The number of ether oxygens (including phenoxy) is 1. The Hall–Kier alpha value is -2.70. The number of hydrogen-bond acceptors (Lipinski definition) is 5. The average molecular weight is 319 g/mol. The van der Waals surface area contributed by atoms with Gasteiger partial charge in [0.05, 0.1) is 18.5 Å². The summed E-state index contributed by atoms with van der Waals surface area (Å²) in [5, 5.41) is 4.16. The maximum atomic E-state index is 14.3. The normalized spacial score (nSPS) is 12.0. The molecule has 0 aliphatic heterocycles. The Labute approximate surface area is 133 Å². The zero-order chi connectivity index (χ0) is 17.1. The van der Waals surface area contributed by atoms with Gasteiger partial charge >= 0.3 is 0 Å². The van der Waals surface area contributed by atoms with Crippen LogP contribution in [0.5, 0.6) is 5.75 Å². The minimum absolute atomic E-state index is 0.0631. The highest BCUT2D eigenvalue weighted by Gasteiger charge is 2.26. The molecule has 1 aromatic carbocycles. The van der Waals surface area contributed by atoms with Crippen molar-refractivity contribution in [1.29, 1.82) is 0 Å². The van der Waals surface area contributed by atoms with E-state index in [4.69, 9.17) is 10.5 Å². The summed E-state index contributed by atoms with van der Waals surface area (Å²) in [4.78, 5) is 23.2. The highest BCUT2D eigenvalue weighted by Crippen LogP contribution is 2.27. The molecule has 0 fully saturated rings. The lowest BCUT2D eigenvalue weighted by molar-refractivity contribution is -0.108. The first-order chi connectivity index (χ1) is 10.9. The van der Waals surface area contributed by atoms with Gasteiger partial charge in [-0.2, -0.15) is 5.10 Å². The van der Waals surface area contributed by atoms with Gasteiger partial charge in [-0.25, -0.2) is 9.07 Å². The first-order valence-electron chi connectivity index (χ1n) is 7.07. The third-order valence-electron chi connectivity index (χ3n) is 3.62. The van der Waals surface area contributed by atoms with Crippen LogP contribution in [0.1, 0.15) is 29.5 Å². The number of carbonyl (C=O) groups excluding carboxylic acids is 2. The summed E-state index contributed by atoms with van der Waals surface area (Å²) in [5.41, 5.74) is 6.72. The van der Waals surface area contributed by atoms with E-state index in [9.17, 15) is 14.0 Å². The molecule has 0 amide bonds. The van der Waals surface area contributed by atoms with Crippen molar-refractivity contribution in [2.45, 2.75) is 20.3 Å². The van der Waals surface area contributed by atoms with Crippen molar-refractivity contribution in [3.63, 3.8) is 0 Å². The minimum Gasteiger partial charge on any atom is -0.497 e. The lowest BCUT2D eigenvalue weighted by Crippen LogP contribution is -2.18. The van der Waals surface area contributed by atoms with Crippen molar-refractivity contribution >= 4 is 17.8 Å². The second kappa shape index (κ2) is 6.60. The second-order valence-electron chi connectivity index (χ2n) is 5.24. The molecule has 2 aromatic rings. The van der Waals surface area contributed by atoms with Crippen molar-refractivity contribution in [3.05, 3.63) is 35.4 Å². The second-order valence-corrected chi connectivity index (χ2v) is 5.24. The van der Waals surface area contributed by atoms with E-state index in [0.29, 0.717) is 17.7 Å². The van der Waals surface area contributed by atoms with Crippen LogP contribution in [-0.4, -0.2) is 29.0 Å². The van der Waals surface area contributed by atoms with Crippen LogP contribution in [-0.2, 0) is 4.79 Å². The molecule has 23 heavy (non-hydrogen) atoms. The molecule has 2 rings (SSSR count). The SMILES string of the molecule is COc1ccc(-n2nc(C)c(N)c2C(=O)C(C)CC=O)c(F)c1. The molecule has 0 spiro atoms. The quantitative estimate of drug-likeness (QED) is 0.652. The van der Waals surface area contributed by atoms with E-state index < -0.39 is 11.7 Å². The number of anilines is 1. The van der Waals surface area contributed by atoms with Crippen molar-refractivity contribution in [2.75, 3.05) is 12.8 Å². The number of ketones is 1. The molecule has 0 saturated carbocycles. The Morgan fingerprint density at radius 3 is 2.78 bits per heavy atom. The van der Waals surface area contributed by atoms with Crippen LogP contribution < -0.4 is 10.5 Å². The van der Waals surface area contributed by atoms with E-state index in [1.807, 2.05) is 0 Å². The number of hydrogen-bond donors (Lipinski definition) is 1. The zero-order valence-electron chi connectivity index (χ0n) is 13.2. The monoisotopic (exact) mass is 319 g/mol. The van der Waals surface area contributed by atoms with Gasteiger partial charge in [0.25, 0.3) is 0 Å². The predicted octanol–water partition coefficient (Wildman–Crippen LogP) is 2.32. The number of rotatable bonds is 6. The first kappa shape index (κ1) is 16.7. The Morgan fingerprint density at radius 2 is 2.22 bits per heavy atom. The van der Waals surface area contributed by atoms with E-state index in [1.165, 1.54) is 23.9 Å². The third kappa shape index (κ3) is 3.08. The van der Waals surface area contributed by atoms with Gasteiger partial charge in [-0.3, -0.25) is 4.79 Å². The number of benzene rings is 1. The standard InChI is InChI=1S/C16H18FN3O3/c1-9(6-7-21)16(22)15-14(18)10(2)19-20(15)13-5-4-11(23-3)8-12(13)17/h4-5,7-9H,6,18H2,1-3H3. The number of nitrogens with two attached hydrogens (primary N) is 1. The van der Waals surface area contributed by atoms with Crippen LogP contribution in [0.25, 0.3) is 5.69 Å².